The molecule has 0 amide bonds. The molecule has 0 aliphatic carbocycles. The van der Waals surface area contributed by atoms with Crippen LogP contribution < -0.4 is 16.0 Å². The average Bonchev–Trinajstić information content (AvgIpc) is 2.72. The lowest BCUT2D eigenvalue weighted by Crippen LogP contribution is -2.32. The standard InChI is InChI=1S/C20H22N6O2/c27-20(28)16(25-18-12-23-14-5-1-2-6-15(14)24-18)9-11-21-17-8-7-13-4-3-10-22-19(13)26-17/h1-2,5-8,12,16H,3-4,9-11H2,(H,24,25)(H,27,28)(H2,21,22,26). The van der Waals surface area contributed by atoms with E-state index in [2.05, 4.69) is 37.0 Å². The Bertz CT molecular complexity index is 993. The minimum Gasteiger partial charge on any atom is -0.480 e. The minimum absolute atomic E-state index is 0.371. The Morgan fingerprint density at radius 1 is 1.14 bits per heavy atom. The van der Waals surface area contributed by atoms with Crippen LogP contribution in [0.5, 0.6) is 0 Å². The van der Waals surface area contributed by atoms with Crippen molar-refractivity contribution in [1.82, 2.24) is 15.0 Å². The van der Waals surface area contributed by atoms with Gasteiger partial charge in [-0.05, 0) is 43.0 Å². The van der Waals surface area contributed by atoms with Gasteiger partial charge in [-0.15, -0.1) is 0 Å². The lowest BCUT2D eigenvalue weighted by molar-refractivity contribution is -0.138. The average molecular weight is 378 g/mol. The molecule has 28 heavy (non-hydrogen) atoms. The number of nitrogens with one attached hydrogen (secondary N) is 3. The van der Waals surface area contributed by atoms with Crippen LogP contribution in [0.25, 0.3) is 11.0 Å². The zero-order valence-electron chi connectivity index (χ0n) is 15.4. The van der Waals surface area contributed by atoms with Crippen molar-refractivity contribution < 1.29 is 9.90 Å². The van der Waals surface area contributed by atoms with Gasteiger partial charge >= 0.3 is 5.97 Å². The van der Waals surface area contributed by atoms with Crippen LogP contribution in [0, 0.1) is 0 Å². The lowest BCUT2D eigenvalue weighted by atomic mass is 10.1. The van der Waals surface area contributed by atoms with Gasteiger partial charge in [0.2, 0.25) is 0 Å². The molecule has 1 aliphatic heterocycles. The van der Waals surface area contributed by atoms with Gasteiger partial charge < -0.3 is 21.1 Å². The van der Waals surface area contributed by atoms with E-state index in [4.69, 9.17) is 0 Å². The monoisotopic (exact) mass is 378 g/mol. The number of benzene rings is 1. The number of hydrogen-bond acceptors (Lipinski definition) is 7. The number of pyridine rings is 1. The molecule has 3 aromatic rings. The number of fused-ring (bicyclic) bond motifs is 2. The van der Waals surface area contributed by atoms with Crippen LogP contribution in [-0.4, -0.2) is 45.2 Å². The van der Waals surface area contributed by atoms with Crippen LogP contribution >= 0.6 is 0 Å². The maximum Gasteiger partial charge on any atom is 0.326 e. The summed E-state index contributed by atoms with van der Waals surface area (Å²) in [6.07, 6.45) is 4.08. The molecule has 0 bridgehead atoms. The summed E-state index contributed by atoms with van der Waals surface area (Å²) in [5.74, 6) is 1.16. The van der Waals surface area contributed by atoms with Gasteiger partial charge in [-0.2, -0.15) is 0 Å². The molecule has 0 saturated carbocycles. The molecule has 0 radical (unpaired) electrons. The van der Waals surface area contributed by atoms with Crippen LogP contribution in [0.2, 0.25) is 0 Å². The molecular weight excluding hydrogens is 356 g/mol. The Hall–Kier alpha value is -3.42. The highest BCUT2D eigenvalue weighted by Gasteiger charge is 2.18. The number of carboxylic acid groups (broad SMARTS) is 1. The van der Waals surface area contributed by atoms with Gasteiger partial charge in [0.15, 0.2) is 0 Å². The number of rotatable bonds is 7. The first-order valence-corrected chi connectivity index (χ1v) is 9.38. The van der Waals surface area contributed by atoms with Crippen molar-refractivity contribution in [3.63, 3.8) is 0 Å². The van der Waals surface area contributed by atoms with Crippen LogP contribution in [0.3, 0.4) is 0 Å². The molecule has 3 heterocycles. The number of para-hydroxylation sites is 2. The number of carbonyl (C=O) groups is 1. The second-order valence-electron chi connectivity index (χ2n) is 6.73. The molecule has 144 valence electrons. The molecule has 2 aromatic heterocycles. The van der Waals surface area contributed by atoms with E-state index in [1.54, 1.807) is 6.20 Å². The predicted molar refractivity (Wildman–Crippen MR) is 109 cm³/mol. The first kappa shape index (κ1) is 18.0. The number of aromatic nitrogens is 3. The Balaban J connectivity index is 1.37. The molecule has 0 spiro atoms. The van der Waals surface area contributed by atoms with E-state index < -0.39 is 12.0 Å². The summed E-state index contributed by atoms with van der Waals surface area (Å²) in [5.41, 5.74) is 2.71. The highest BCUT2D eigenvalue weighted by molar-refractivity contribution is 5.79. The van der Waals surface area contributed by atoms with Gasteiger partial charge in [0, 0.05) is 13.1 Å². The van der Waals surface area contributed by atoms with Crippen molar-refractivity contribution in [1.29, 1.82) is 0 Å². The third-order valence-corrected chi connectivity index (χ3v) is 4.70. The normalized spacial score (nSPS) is 14.0. The fourth-order valence-corrected chi connectivity index (χ4v) is 3.23. The van der Waals surface area contributed by atoms with E-state index in [-0.39, 0.29) is 0 Å². The zero-order valence-corrected chi connectivity index (χ0v) is 15.4. The number of aryl methyl sites for hydroxylation is 1. The Morgan fingerprint density at radius 3 is 2.86 bits per heavy atom. The van der Waals surface area contributed by atoms with Crippen LogP contribution in [0.15, 0.2) is 42.6 Å². The lowest BCUT2D eigenvalue weighted by Gasteiger charge is -2.19. The van der Waals surface area contributed by atoms with Gasteiger partial charge in [0.1, 0.15) is 23.5 Å². The van der Waals surface area contributed by atoms with Crippen molar-refractivity contribution in [2.75, 3.05) is 29.0 Å². The van der Waals surface area contributed by atoms with E-state index >= 15 is 0 Å². The van der Waals surface area contributed by atoms with Crippen molar-refractivity contribution in [3.8, 4) is 0 Å². The number of carboxylic acids is 1. The zero-order chi connectivity index (χ0) is 19.3. The maximum atomic E-state index is 11.6. The maximum absolute atomic E-state index is 11.6. The topological polar surface area (TPSA) is 112 Å². The molecule has 1 aliphatic rings. The SMILES string of the molecule is O=C(O)C(CCNc1ccc2c(n1)NCCC2)Nc1cnc2ccccc2n1. The van der Waals surface area contributed by atoms with Gasteiger partial charge in [0.25, 0.3) is 0 Å². The van der Waals surface area contributed by atoms with E-state index in [0.717, 1.165) is 42.1 Å². The molecule has 8 heteroatoms. The van der Waals surface area contributed by atoms with Gasteiger partial charge in [-0.25, -0.2) is 14.8 Å². The second kappa shape index (κ2) is 8.08. The highest BCUT2D eigenvalue weighted by Crippen LogP contribution is 2.21. The smallest absolute Gasteiger partial charge is 0.326 e. The molecule has 4 rings (SSSR count). The number of aliphatic carboxylic acids is 1. The summed E-state index contributed by atoms with van der Waals surface area (Å²) in [7, 11) is 0. The summed E-state index contributed by atoms with van der Waals surface area (Å²) in [6, 6.07) is 10.7. The van der Waals surface area contributed by atoms with Crippen LogP contribution in [0.1, 0.15) is 18.4 Å². The molecule has 1 unspecified atom stereocenters. The van der Waals surface area contributed by atoms with Gasteiger partial charge in [-0.1, -0.05) is 18.2 Å². The summed E-state index contributed by atoms with van der Waals surface area (Å²) in [5, 5.41) is 19.0. The fraction of sp³-hybridized carbons (Fsp3) is 0.300. The highest BCUT2D eigenvalue weighted by atomic mass is 16.4. The molecular formula is C20H22N6O2. The van der Waals surface area contributed by atoms with E-state index in [0.29, 0.717) is 18.8 Å². The quantitative estimate of drug-likeness (QED) is 0.496. The first-order chi connectivity index (χ1) is 13.7. The summed E-state index contributed by atoms with van der Waals surface area (Å²) >= 11 is 0. The van der Waals surface area contributed by atoms with Gasteiger partial charge in [-0.3, -0.25) is 4.98 Å². The Morgan fingerprint density at radius 2 is 2.00 bits per heavy atom. The largest absolute Gasteiger partial charge is 0.480 e. The van der Waals surface area contributed by atoms with E-state index in [9.17, 15) is 9.90 Å². The summed E-state index contributed by atoms with van der Waals surface area (Å²) in [4.78, 5) is 24.9. The Kier molecular flexibility index (Phi) is 5.18. The summed E-state index contributed by atoms with van der Waals surface area (Å²) in [6.45, 7) is 1.40. The minimum atomic E-state index is -0.933. The van der Waals surface area contributed by atoms with Crippen molar-refractivity contribution in [2.24, 2.45) is 0 Å². The van der Waals surface area contributed by atoms with Crippen LogP contribution in [0.4, 0.5) is 17.5 Å². The number of hydrogen-bond donors (Lipinski definition) is 4. The molecule has 0 fully saturated rings. The summed E-state index contributed by atoms with van der Waals surface area (Å²) < 4.78 is 0. The van der Waals surface area contributed by atoms with Crippen molar-refractivity contribution in [3.05, 3.63) is 48.2 Å². The second-order valence-corrected chi connectivity index (χ2v) is 6.73. The first-order valence-electron chi connectivity index (χ1n) is 9.38. The fourth-order valence-electron chi connectivity index (χ4n) is 3.23. The van der Waals surface area contributed by atoms with Crippen molar-refractivity contribution >= 4 is 34.5 Å². The number of anilines is 3. The third kappa shape index (κ3) is 4.11. The van der Waals surface area contributed by atoms with Crippen molar-refractivity contribution in [2.45, 2.75) is 25.3 Å². The van der Waals surface area contributed by atoms with Gasteiger partial charge in [0.05, 0.1) is 17.2 Å². The molecule has 8 nitrogen and oxygen atoms in total. The van der Waals surface area contributed by atoms with E-state index in [1.807, 2.05) is 30.3 Å². The third-order valence-electron chi connectivity index (χ3n) is 4.70. The number of nitrogens with zero attached hydrogens (tertiary/aromatic N) is 3. The molecule has 0 saturated heterocycles. The van der Waals surface area contributed by atoms with E-state index in [1.165, 1.54) is 5.56 Å². The molecule has 1 aromatic carbocycles. The van der Waals surface area contributed by atoms with Crippen LogP contribution in [-0.2, 0) is 11.2 Å². The Labute approximate surface area is 162 Å². The predicted octanol–water partition coefficient (Wildman–Crippen LogP) is 2.75. The molecule has 4 N–H and O–H groups in total. The molecule has 1 atom stereocenters.